The number of nitrogens with one attached hydrogen (secondary N) is 3. The van der Waals surface area contributed by atoms with Crippen LogP contribution in [0.15, 0.2) is 102 Å². The van der Waals surface area contributed by atoms with Crippen LogP contribution >= 0.6 is 22.6 Å². The molecule has 0 radical (unpaired) electrons. The maximum Gasteiger partial charge on any atom is 0.416 e. The number of carboxylic acids is 1. The van der Waals surface area contributed by atoms with Crippen LogP contribution in [0, 0.1) is 3.57 Å². The standard InChI is InChI=1S/C21H17F3N2O5.C21H23IN4O2/c1-2-13-15(21(22,23)24)7-5-8-16(13)26-20(30)14(19(29)25-26)10-12-6-3-4-9-17(12)31-11-18(27)28;1-25(2)13-3-12-23-17-8-4-15(5-9-17)14-19-20(27)24-26(21(19)28)18-10-6-16(22)7-11-18/h3-10H,2,11H2,1H3,(H,25,29)(H,27,28);4-11,14,23H,3,12-13H2,1-2H3,(H,24,27). The van der Waals surface area contributed by atoms with Crippen molar-refractivity contribution >= 4 is 81.4 Å². The molecule has 6 rings (SSSR count). The lowest BCUT2D eigenvalue weighted by Crippen LogP contribution is -2.36. The van der Waals surface area contributed by atoms with Gasteiger partial charge >= 0.3 is 12.1 Å². The number of amides is 4. The Bertz CT molecular complexity index is 2280. The average molecular weight is 925 g/mol. The summed E-state index contributed by atoms with van der Waals surface area (Å²) in [5.41, 5.74) is 6.35. The number of hydrogen-bond donors (Lipinski definition) is 4. The Labute approximate surface area is 351 Å². The molecule has 308 valence electrons. The number of hydrogen-bond acceptors (Lipinski definition) is 8. The second-order valence-electron chi connectivity index (χ2n) is 13.3. The van der Waals surface area contributed by atoms with Crippen molar-refractivity contribution in [1.82, 2.24) is 15.8 Å². The molecule has 4 amide bonds. The van der Waals surface area contributed by atoms with Crippen LogP contribution in [0.2, 0.25) is 0 Å². The highest BCUT2D eigenvalue weighted by molar-refractivity contribution is 14.1. The van der Waals surface area contributed by atoms with Crippen LogP contribution in [0.4, 0.5) is 30.2 Å². The van der Waals surface area contributed by atoms with Crippen molar-refractivity contribution in [2.45, 2.75) is 25.9 Å². The minimum Gasteiger partial charge on any atom is -0.481 e. The molecule has 0 atom stereocenters. The van der Waals surface area contributed by atoms with Crippen molar-refractivity contribution in [3.63, 3.8) is 0 Å². The molecule has 2 heterocycles. The topological polar surface area (TPSA) is 161 Å². The summed E-state index contributed by atoms with van der Waals surface area (Å²) >= 11 is 2.19. The van der Waals surface area contributed by atoms with E-state index in [1.165, 1.54) is 36.2 Å². The van der Waals surface area contributed by atoms with Crippen LogP contribution in [0.3, 0.4) is 0 Å². The number of carbonyl (C=O) groups is 5. The van der Waals surface area contributed by atoms with Gasteiger partial charge in [0.15, 0.2) is 6.61 Å². The van der Waals surface area contributed by atoms with Crippen molar-refractivity contribution < 1.29 is 47.0 Å². The van der Waals surface area contributed by atoms with Crippen LogP contribution in [0.5, 0.6) is 5.75 Å². The quantitative estimate of drug-likeness (QED) is 0.0522. The van der Waals surface area contributed by atoms with Crippen molar-refractivity contribution in [3.05, 3.63) is 128 Å². The van der Waals surface area contributed by atoms with E-state index in [0.717, 1.165) is 51.5 Å². The number of rotatable bonds is 13. The molecular formula is C42H40F3IN6O7. The van der Waals surface area contributed by atoms with E-state index >= 15 is 0 Å². The van der Waals surface area contributed by atoms with Gasteiger partial charge in [0.2, 0.25) is 0 Å². The number of benzene rings is 4. The Morgan fingerprint density at radius 1 is 0.847 bits per heavy atom. The number of nitrogens with zero attached hydrogens (tertiary/aromatic N) is 3. The van der Waals surface area contributed by atoms with Gasteiger partial charge in [0, 0.05) is 21.4 Å². The Morgan fingerprint density at radius 3 is 2.10 bits per heavy atom. The minimum atomic E-state index is -4.62. The van der Waals surface area contributed by atoms with E-state index < -0.39 is 42.0 Å². The number of hydrazine groups is 2. The molecular weight excluding hydrogens is 884 g/mol. The van der Waals surface area contributed by atoms with E-state index in [1.54, 1.807) is 30.3 Å². The molecule has 0 unspecified atom stereocenters. The third-order valence-electron chi connectivity index (χ3n) is 8.82. The van der Waals surface area contributed by atoms with E-state index in [1.807, 2.05) is 36.4 Å². The number of para-hydroxylation sites is 1. The van der Waals surface area contributed by atoms with Gasteiger partial charge in [0.1, 0.15) is 16.9 Å². The van der Waals surface area contributed by atoms with Gasteiger partial charge in [-0.15, -0.1) is 0 Å². The summed E-state index contributed by atoms with van der Waals surface area (Å²) in [5, 5.41) is 14.2. The van der Waals surface area contributed by atoms with Gasteiger partial charge in [-0.25, -0.2) is 14.8 Å². The summed E-state index contributed by atoms with van der Waals surface area (Å²) < 4.78 is 46.3. The number of aliphatic carboxylic acids is 1. The molecule has 0 bridgehead atoms. The SMILES string of the molecule is CCc1c(N2NC(=O)C(=Cc3ccccc3OCC(=O)O)C2=O)cccc1C(F)(F)F.CN(C)CCCNc1ccc(C=C2C(=O)NN(c3ccc(I)cc3)C2=O)cc1. The molecule has 0 aliphatic carbocycles. The average Bonchev–Trinajstić information content (AvgIpc) is 3.64. The lowest BCUT2D eigenvalue weighted by Gasteiger charge is -2.21. The van der Waals surface area contributed by atoms with Gasteiger partial charge in [-0.05, 0) is 134 Å². The Balaban J connectivity index is 0.000000225. The second kappa shape index (κ2) is 19.5. The van der Waals surface area contributed by atoms with Gasteiger partial charge < -0.3 is 20.1 Å². The fraction of sp³-hybridized carbons (Fsp3) is 0.214. The molecule has 2 saturated heterocycles. The summed E-state index contributed by atoms with van der Waals surface area (Å²) in [6.07, 6.45) is -0.751. The number of carbonyl (C=O) groups excluding carboxylic acids is 4. The maximum absolute atomic E-state index is 13.4. The van der Waals surface area contributed by atoms with Crippen LogP contribution in [-0.4, -0.2) is 73.4 Å². The molecule has 2 aliphatic heterocycles. The molecule has 0 saturated carbocycles. The van der Waals surface area contributed by atoms with Gasteiger partial charge in [0.05, 0.1) is 16.9 Å². The number of alkyl halides is 3. The molecule has 59 heavy (non-hydrogen) atoms. The molecule has 17 heteroatoms. The number of carboxylic acid groups (broad SMARTS) is 1. The Kier molecular flexibility index (Phi) is 14.5. The maximum atomic E-state index is 13.4. The lowest BCUT2D eigenvalue weighted by atomic mass is 10.0. The van der Waals surface area contributed by atoms with E-state index in [-0.39, 0.29) is 46.0 Å². The molecule has 13 nitrogen and oxygen atoms in total. The Morgan fingerprint density at radius 2 is 1.47 bits per heavy atom. The summed E-state index contributed by atoms with van der Waals surface area (Å²) in [5.74, 6) is -3.47. The van der Waals surface area contributed by atoms with Gasteiger partial charge in [-0.1, -0.05) is 43.3 Å². The van der Waals surface area contributed by atoms with Crippen LogP contribution in [-0.2, 0) is 36.6 Å². The van der Waals surface area contributed by atoms with Crippen LogP contribution in [0.25, 0.3) is 12.2 Å². The smallest absolute Gasteiger partial charge is 0.416 e. The van der Waals surface area contributed by atoms with Crippen LogP contribution in [0.1, 0.15) is 35.6 Å². The monoisotopic (exact) mass is 924 g/mol. The summed E-state index contributed by atoms with van der Waals surface area (Å²) in [4.78, 5) is 63.2. The van der Waals surface area contributed by atoms with Gasteiger partial charge in [-0.2, -0.15) is 13.2 Å². The molecule has 2 aliphatic rings. The zero-order valence-electron chi connectivity index (χ0n) is 32.1. The first-order valence-electron chi connectivity index (χ1n) is 18.2. The predicted octanol–water partition coefficient (Wildman–Crippen LogP) is 6.31. The van der Waals surface area contributed by atoms with E-state index in [0.29, 0.717) is 5.69 Å². The number of ether oxygens (including phenoxy) is 1. The van der Waals surface area contributed by atoms with Crippen LogP contribution < -0.4 is 30.9 Å². The van der Waals surface area contributed by atoms with Gasteiger partial charge in [-0.3, -0.25) is 30.0 Å². The van der Waals surface area contributed by atoms with E-state index in [9.17, 15) is 37.1 Å². The van der Waals surface area contributed by atoms with E-state index in [2.05, 4.69) is 57.8 Å². The normalized spacial score (nSPS) is 15.4. The second-order valence-corrected chi connectivity index (χ2v) is 14.6. The molecule has 2 fully saturated rings. The van der Waals surface area contributed by atoms with Crippen molar-refractivity contribution in [1.29, 1.82) is 0 Å². The number of halogens is 4. The summed E-state index contributed by atoms with van der Waals surface area (Å²) in [6, 6.07) is 24.6. The zero-order chi connectivity index (χ0) is 42.9. The zero-order valence-corrected chi connectivity index (χ0v) is 34.3. The van der Waals surface area contributed by atoms with Crippen molar-refractivity contribution in [2.75, 3.05) is 49.1 Å². The first kappa shape index (κ1) is 43.9. The third kappa shape index (κ3) is 11.3. The largest absolute Gasteiger partial charge is 0.481 e. The van der Waals surface area contributed by atoms with E-state index in [4.69, 9.17) is 9.84 Å². The minimum absolute atomic E-state index is 0.0183. The van der Waals surface area contributed by atoms with Crippen molar-refractivity contribution in [2.24, 2.45) is 0 Å². The summed E-state index contributed by atoms with van der Waals surface area (Å²) in [7, 11) is 4.12. The lowest BCUT2D eigenvalue weighted by molar-refractivity contribution is -0.139. The predicted molar refractivity (Wildman–Crippen MR) is 225 cm³/mol. The Hall–Kier alpha value is -6.21. The van der Waals surface area contributed by atoms with Crippen molar-refractivity contribution in [3.8, 4) is 5.75 Å². The highest BCUT2D eigenvalue weighted by Crippen LogP contribution is 2.37. The number of anilines is 3. The highest BCUT2D eigenvalue weighted by atomic mass is 127. The molecule has 0 aromatic heterocycles. The molecule has 4 aromatic rings. The first-order chi connectivity index (χ1) is 28.1. The highest BCUT2D eigenvalue weighted by Gasteiger charge is 2.39. The first-order valence-corrected chi connectivity index (χ1v) is 19.3. The summed E-state index contributed by atoms with van der Waals surface area (Å²) in [6.45, 7) is 2.82. The molecule has 4 aromatic carbocycles. The fourth-order valence-corrected chi connectivity index (χ4v) is 6.36. The third-order valence-corrected chi connectivity index (χ3v) is 9.54. The molecule has 4 N–H and O–H groups in total. The fourth-order valence-electron chi connectivity index (χ4n) is 6.00. The molecule has 0 spiro atoms. The van der Waals surface area contributed by atoms with Gasteiger partial charge in [0.25, 0.3) is 23.6 Å².